The van der Waals surface area contributed by atoms with E-state index in [9.17, 15) is 4.79 Å². The molecule has 0 aliphatic carbocycles. The Morgan fingerprint density at radius 1 is 0.917 bits per heavy atom. The molecule has 5 nitrogen and oxygen atoms in total. The van der Waals surface area contributed by atoms with Gasteiger partial charge in [-0.05, 0) is 30.2 Å². The predicted octanol–water partition coefficient (Wildman–Crippen LogP) is 2.95. The molecule has 1 saturated heterocycles. The van der Waals surface area contributed by atoms with Gasteiger partial charge in [-0.25, -0.2) is 0 Å². The number of aromatic nitrogens is 3. The van der Waals surface area contributed by atoms with Crippen LogP contribution in [0.2, 0.25) is 0 Å². The van der Waals surface area contributed by atoms with Gasteiger partial charge in [0.25, 0.3) is 5.91 Å². The van der Waals surface area contributed by atoms with Gasteiger partial charge >= 0.3 is 0 Å². The summed E-state index contributed by atoms with van der Waals surface area (Å²) in [6.07, 6.45) is 3.32. The van der Waals surface area contributed by atoms with Crippen molar-refractivity contribution >= 4 is 5.91 Å². The number of likely N-dealkylation sites (tertiary alicyclic amines) is 1. The zero-order valence-corrected chi connectivity index (χ0v) is 13.5. The van der Waals surface area contributed by atoms with E-state index in [2.05, 4.69) is 41.4 Å². The van der Waals surface area contributed by atoms with Gasteiger partial charge in [-0.2, -0.15) is 15.0 Å². The van der Waals surface area contributed by atoms with E-state index in [-0.39, 0.29) is 11.9 Å². The molecule has 3 aromatic rings. The van der Waals surface area contributed by atoms with E-state index in [1.807, 2.05) is 29.2 Å². The number of carbonyl (C=O) groups excluding carboxylic acids is 1. The monoisotopic (exact) mass is 318 g/mol. The summed E-state index contributed by atoms with van der Waals surface area (Å²) in [5, 5.41) is 8.25. The molecule has 0 spiro atoms. The molecule has 0 atom stereocenters. The van der Waals surface area contributed by atoms with Gasteiger partial charge in [0, 0.05) is 18.7 Å². The number of amides is 1. The van der Waals surface area contributed by atoms with Gasteiger partial charge in [0.2, 0.25) is 0 Å². The fraction of sp³-hybridized carbons (Fsp3) is 0.211. The quantitative estimate of drug-likeness (QED) is 0.746. The Morgan fingerprint density at radius 2 is 1.46 bits per heavy atom. The van der Waals surface area contributed by atoms with E-state index in [1.54, 1.807) is 17.2 Å². The Balaban J connectivity index is 1.43. The molecule has 5 heteroatoms. The molecule has 4 rings (SSSR count). The molecule has 0 N–H and O–H groups in total. The maximum Gasteiger partial charge on any atom is 0.254 e. The molecule has 2 heterocycles. The van der Waals surface area contributed by atoms with E-state index in [1.165, 1.54) is 5.56 Å². The van der Waals surface area contributed by atoms with Crippen LogP contribution in [0.3, 0.4) is 0 Å². The summed E-state index contributed by atoms with van der Waals surface area (Å²) >= 11 is 0. The molecule has 1 amide bonds. The fourth-order valence-corrected chi connectivity index (χ4v) is 2.92. The minimum Gasteiger partial charge on any atom is -0.334 e. The van der Waals surface area contributed by atoms with Crippen LogP contribution >= 0.6 is 0 Å². The summed E-state index contributed by atoms with van der Waals surface area (Å²) in [6, 6.07) is 16.4. The predicted molar refractivity (Wildman–Crippen MR) is 91.6 cm³/mol. The van der Waals surface area contributed by atoms with Crippen LogP contribution in [0.15, 0.2) is 60.9 Å². The SMILES string of the molecule is Cc1ccc(-c2ccc(C(=O)N3CC(n4nccn4)C3)cc2)cc1. The number of aryl methyl sites for hydroxylation is 1. The molecule has 1 fully saturated rings. The van der Waals surface area contributed by atoms with Crippen molar-refractivity contribution in [1.29, 1.82) is 0 Å². The number of rotatable bonds is 3. The van der Waals surface area contributed by atoms with Crippen LogP contribution in [0, 0.1) is 6.92 Å². The third-order valence-corrected chi connectivity index (χ3v) is 4.43. The number of hydrogen-bond acceptors (Lipinski definition) is 3. The van der Waals surface area contributed by atoms with Crippen LogP contribution < -0.4 is 0 Å². The van der Waals surface area contributed by atoms with Crippen molar-refractivity contribution in [3.05, 3.63) is 72.1 Å². The highest BCUT2D eigenvalue weighted by atomic mass is 16.2. The maximum absolute atomic E-state index is 12.5. The van der Waals surface area contributed by atoms with Gasteiger partial charge in [0.15, 0.2) is 0 Å². The first kappa shape index (κ1) is 14.6. The fourth-order valence-electron chi connectivity index (χ4n) is 2.92. The lowest BCUT2D eigenvalue weighted by molar-refractivity contribution is 0.0476. The molecule has 2 aromatic carbocycles. The second-order valence-electron chi connectivity index (χ2n) is 6.16. The highest BCUT2D eigenvalue weighted by Crippen LogP contribution is 2.24. The van der Waals surface area contributed by atoms with Gasteiger partial charge in [0.1, 0.15) is 6.04 Å². The molecule has 0 radical (unpaired) electrons. The highest BCUT2D eigenvalue weighted by Gasteiger charge is 2.33. The van der Waals surface area contributed by atoms with E-state index >= 15 is 0 Å². The van der Waals surface area contributed by atoms with Crippen LogP contribution in [0.1, 0.15) is 22.0 Å². The Kier molecular flexibility index (Phi) is 3.61. The third-order valence-electron chi connectivity index (χ3n) is 4.43. The average molecular weight is 318 g/mol. The van der Waals surface area contributed by atoms with Gasteiger partial charge in [-0.15, -0.1) is 0 Å². The normalized spacial score (nSPS) is 14.5. The number of nitrogens with zero attached hydrogens (tertiary/aromatic N) is 4. The van der Waals surface area contributed by atoms with Gasteiger partial charge in [0.05, 0.1) is 12.4 Å². The van der Waals surface area contributed by atoms with Crippen LogP contribution in [0.5, 0.6) is 0 Å². The summed E-state index contributed by atoms with van der Waals surface area (Å²) in [6.45, 7) is 3.39. The summed E-state index contributed by atoms with van der Waals surface area (Å²) in [5.41, 5.74) is 4.24. The van der Waals surface area contributed by atoms with Crippen LogP contribution in [-0.2, 0) is 0 Å². The van der Waals surface area contributed by atoms with Crippen molar-refractivity contribution in [2.75, 3.05) is 13.1 Å². The average Bonchev–Trinajstić information content (AvgIpc) is 3.08. The maximum atomic E-state index is 12.5. The first-order chi connectivity index (χ1) is 11.7. The molecule has 0 saturated carbocycles. The second kappa shape index (κ2) is 5.92. The van der Waals surface area contributed by atoms with E-state index < -0.39 is 0 Å². The molecular formula is C19H18N4O. The van der Waals surface area contributed by atoms with Crippen molar-refractivity contribution < 1.29 is 4.79 Å². The van der Waals surface area contributed by atoms with Crippen LogP contribution in [0.25, 0.3) is 11.1 Å². The summed E-state index contributed by atoms with van der Waals surface area (Å²) in [7, 11) is 0. The highest BCUT2D eigenvalue weighted by molar-refractivity contribution is 5.95. The number of hydrogen-bond donors (Lipinski definition) is 0. The van der Waals surface area contributed by atoms with Crippen molar-refractivity contribution in [1.82, 2.24) is 19.9 Å². The zero-order valence-electron chi connectivity index (χ0n) is 13.5. The topological polar surface area (TPSA) is 51.0 Å². The molecule has 1 aliphatic heterocycles. The van der Waals surface area contributed by atoms with Crippen molar-refractivity contribution in [3.63, 3.8) is 0 Å². The first-order valence-corrected chi connectivity index (χ1v) is 8.03. The van der Waals surface area contributed by atoms with Crippen molar-refractivity contribution in [2.24, 2.45) is 0 Å². The van der Waals surface area contributed by atoms with Gasteiger partial charge in [-0.3, -0.25) is 4.79 Å². The smallest absolute Gasteiger partial charge is 0.254 e. The largest absolute Gasteiger partial charge is 0.334 e. The van der Waals surface area contributed by atoms with E-state index in [0.717, 1.165) is 16.7 Å². The lowest BCUT2D eigenvalue weighted by atomic mass is 10.0. The Hall–Kier alpha value is -2.95. The summed E-state index contributed by atoms with van der Waals surface area (Å²) in [4.78, 5) is 16.0. The minimum absolute atomic E-state index is 0.0638. The van der Waals surface area contributed by atoms with Gasteiger partial charge < -0.3 is 4.90 Å². The molecule has 1 aliphatic rings. The van der Waals surface area contributed by atoms with Crippen molar-refractivity contribution in [2.45, 2.75) is 13.0 Å². The third kappa shape index (κ3) is 2.69. The lowest BCUT2D eigenvalue weighted by Crippen LogP contribution is -2.51. The lowest BCUT2D eigenvalue weighted by Gasteiger charge is -2.38. The molecule has 1 aromatic heterocycles. The molecule has 0 bridgehead atoms. The summed E-state index contributed by atoms with van der Waals surface area (Å²) < 4.78 is 0. The second-order valence-corrected chi connectivity index (χ2v) is 6.16. The number of carbonyl (C=O) groups is 1. The van der Waals surface area contributed by atoms with E-state index in [0.29, 0.717) is 13.1 Å². The van der Waals surface area contributed by atoms with Crippen molar-refractivity contribution in [3.8, 4) is 11.1 Å². The van der Waals surface area contributed by atoms with Gasteiger partial charge in [-0.1, -0.05) is 42.0 Å². The Morgan fingerprint density at radius 3 is 2.04 bits per heavy atom. The number of benzene rings is 2. The standard InChI is InChI=1S/C19H18N4O/c1-14-2-4-15(5-3-14)16-6-8-17(9-7-16)19(24)22-12-18(13-22)23-20-10-11-21-23/h2-11,18H,12-13H2,1H3. The minimum atomic E-state index is 0.0638. The first-order valence-electron chi connectivity index (χ1n) is 8.03. The molecule has 0 unspecified atom stereocenters. The zero-order chi connectivity index (χ0) is 16.5. The van der Waals surface area contributed by atoms with Crippen LogP contribution in [-0.4, -0.2) is 38.9 Å². The Bertz CT molecular complexity index is 832. The van der Waals surface area contributed by atoms with E-state index in [4.69, 9.17) is 0 Å². The molecule has 120 valence electrons. The van der Waals surface area contributed by atoms with Crippen LogP contribution in [0.4, 0.5) is 0 Å². The molecule has 24 heavy (non-hydrogen) atoms. The summed E-state index contributed by atoms with van der Waals surface area (Å²) in [5.74, 6) is 0.0638. The molecular weight excluding hydrogens is 300 g/mol. The Labute approximate surface area is 140 Å².